The van der Waals surface area contributed by atoms with E-state index in [1.165, 1.54) is 17.8 Å². The van der Waals surface area contributed by atoms with Crippen LogP contribution in [-0.2, 0) is 0 Å². The van der Waals surface area contributed by atoms with Gasteiger partial charge in [0.2, 0.25) is 0 Å². The molecule has 0 aliphatic carbocycles. The number of benzene rings is 2. The predicted molar refractivity (Wildman–Crippen MR) is 117 cm³/mol. The lowest BCUT2D eigenvalue weighted by atomic mass is 10.0. The van der Waals surface area contributed by atoms with E-state index in [4.69, 9.17) is 0 Å². The number of nitrogens with zero attached hydrogens (tertiary/aromatic N) is 1. The van der Waals surface area contributed by atoms with Crippen molar-refractivity contribution in [2.24, 2.45) is 0 Å². The summed E-state index contributed by atoms with van der Waals surface area (Å²) in [7, 11) is 0. The highest BCUT2D eigenvalue weighted by Gasteiger charge is 2.13. The lowest BCUT2D eigenvalue weighted by molar-refractivity contribution is 0.102. The first-order valence-corrected chi connectivity index (χ1v) is 9.59. The van der Waals surface area contributed by atoms with E-state index in [-0.39, 0.29) is 17.5 Å². The summed E-state index contributed by atoms with van der Waals surface area (Å²) in [6, 6.07) is 16.5. The van der Waals surface area contributed by atoms with Gasteiger partial charge in [0, 0.05) is 23.1 Å². The number of nitrogens with one attached hydrogen (secondary N) is 2. The van der Waals surface area contributed by atoms with Crippen LogP contribution < -0.4 is 10.6 Å². The molecular weight excluding hydrogens is 362 g/mol. The zero-order chi connectivity index (χ0) is 21.0. The Kier molecular flexibility index (Phi) is 6.07. The highest BCUT2D eigenvalue weighted by molar-refractivity contribution is 6.07. The molecule has 2 aromatic carbocycles. The molecule has 29 heavy (non-hydrogen) atoms. The van der Waals surface area contributed by atoms with Crippen molar-refractivity contribution in [2.75, 3.05) is 10.6 Å². The molecule has 0 unspecified atom stereocenters. The summed E-state index contributed by atoms with van der Waals surface area (Å²) in [4.78, 5) is 29.2. The molecule has 0 spiro atoms. The Morgan fingerprint density at radius 2 is 1.45 bits per heavy atom. The average molecular weight is 387 g/mol. The summed E-state index contributed by atoms with van der Waals surface area (Å²) in [5.74, 6) is -0.219. The van der Waals surface area contributed by atoms with Gasteiger partial charge < -0.3 is 10.6 Å². The molecule has 0 saturated carbocycles. The Morgan fingerprint density at radius 3 is 2.10 bits per heavy atom. The second-order valence-electron chi connectivity index (χ2n) is 7.41. The van der Waals surface area contributed by atoms with E-state index in [9.17, 15) is 9.59 Å². The number of aryl methyl sites for hydroxylation is 2. The number of pyridine rings is 1. The van der Waals surface area contributed by atoms with Gasteiger partial charge in [-0.3, -0.25) is 14.6 Å². The maximum Gasteiger partial charge on any atom is 0.274 e. The van der Waals surface area contributed by atoms with Crippen LogP contribution in [-0.4, -0.2) is 16.8 Å². The van der Waals surface area contributed by atoms with E-state index in [2.05, 4.69) is 29.5 Å². The van der Waals surface area contributed by atoms with Crippen molar-refractivity contribution >= 4 is 23.2 Å². The fourth-order valence-corrected chi connectivity index (χ4v) is 2.86. The maximum atomic E-state index is 12.6. The molecule has 0 aliphatic heterocycles. The Labute approximate surface area is 171 Å². The molecule has 5 heteroatoms. The SMILES string of the molecule is Cc1ccc(NC(=O)c2ccnc(C(=O)Nc3ccc(C(C)C)cc3)c2)cc1C. The Bertz CT molecular complexity index is 1040. The zero-order valence-electron chi connectivity index (χ0n) is 17.1. The number of anilines is 2. The predicted octanol–water partition coefficient (Wildman–Crippen LogP) is 5.33. The molecule has 148 valence electrons. The number of rotatable bonds is 5. The van der Waals surface area contributed by atoms with Crippen LogP contribution in [0.25, 0.3) is 0 Å². The number of hydrogen-bond acceptors (Lipinski definition) is 3. The van der Waals surface area contributed by atoms with Crippen LogP contribution in [0.3, 0.4) is 0 Å². The van der Waals surface area contributed by atoms with E-state index >= 15 is 0 Å². The van der Waals surface area contributed by atoms with Crippen LogP contribution in [0, 0.1) is 13.8 Å². The first-order valence-electron chi connectivity index (χ1n) is 9.59. The third kappa shape index (κ3) is 5.08. The van der Waals surface area contributed by atoms with E-state index in [1.54, 1.807) is 6.07 Å². The maximum absolute atomic E-state index is 12.6. The van der Waals surface area contributed by atoms with Crippen LogP contribution in [0.15, 0.2) is 60.8 Å². The summed E-state index contributed by atoms with van der Waals surface area (Å²) in [6.07, 6.45) is 1.46. The minimum atomic E-state index is -0.358. The molecule has 3 rings (SSSR count). The van der Waals surface area contributed by atoms with Crippen molar-refractivity contribution in [3.8, 4) is 0 Å². The first-order chi connectivity index (χ1) is 13.8. The van der Waals surface area contributed by atoms with E-state index in [0.717, 1.165) is 11.1 Å². The van der Waals surface area contributed by atoms with Gasteiger partial charge in [-0.15, -0.1) is 0 Å². The van der Waals surface area contributed by atoms with Crippen molar-refractivity contribution < 1.29 is 9.59 Å². The molecule has 3 aromatic rings. The van der Waals surface area contributed by atoms with Gasteiger partial charge >= 0.3 is 0 Å². The third-order valence-electron chi connectivity index (χ3n) is 4.85. The second-order valence-corrected chi connectivity index (χ2v) is 7.41. The quantitative estimate of drug-likeness (QED) is 0.622. The monoisotopic (exact) mass is 387 g/mol. The van der Waals surface area contributed by atoms with Crippen molar-refractivity contribution in [1.29, 1.82) is 0 Å². The molecule has 0 saturated heterocycles. The summed E-state index contributed by atoms with van der Waals surface area (Å²) >= 11 is 0. The summed E-state index contributed by atoms with van der Waals surface area (Å²) < 4.78 is 0. The van der Waals surface area contributed by atoms with Gasteiger partial charge in [-0.25, -0.2) is 0 Å². The van der Waals surface area contributed by atoms with Gasteiger partial charge in [-0.1, -0.05) is 32.0 Å². The second kappa shape index (κ2) is 8.69. The van der Waals surface area contributed by atoms with Crippen LogP contribution in [0.5, 0.6) is 0 Å². The van der Waals surface area contributed by atoms with Crippen LogP contribution in [0.4, 0.5) is 11.4 Å². The average Bonchev–Trinajstić information content (AvgIpc) is 2.71. The Balaban J connectivity index is 1.71. The standard InChI is InChI=1S/C24H25N3O2/c1-15(2)18-6-9-20(10-7-18)26-24(29)22-14-19(11-12-25-22)23(28)27-21-8-5-16(3)17(4)13-21/h5-15H,1-4H3,(H,26,29)(H,27,28). The molecule has 1 heterocycles. The van der Waals surface area contributed by atoms with Crippen LogP contribution >= 0.6 is 0 Å². The van der Waals surface area contributed by atoms with Gasteiger partial charge in [0.05, 0.1) is 0 Å². The molecule has 5 nitrogen and oxygen atoms in total. The fraction of sp³-hybridized carbons (Fsp3) is 0.208. The molecule has 0 aliphatic rings. The summed E-state index contributed by atoms with van der Waals surface area (Å²) in [6.45, 7) is 8.25. The molecule has 0 atom stereocenters. The summed E-state index contributed by atoms with van der Waals surface area (Å²) in [5, 5.41) is 5.68. The number of carbonyl (C=O) groups excluding carboxylic acids is 2. The number of aromatic nitrogens is 1. The lowest BCUT2D eigenvalue weighted by Gasteiger charge is -2.10. The first kappa shape index (κ1) is 20.3. The highest BCUT2D eigenvalue weighted by atomic mass is 16.2. The summed E-state index contributed by atoms with van der Waals surface area (Å²) in [5.41, 5.74) is 5.42. The van der Waals surface area contributed by atoms with Crippen molar-refractivity contribution in [3.63, 3.8) is 0 Å². The molecule has 2 N–H and O–H groups in total. The highest BCUT2D eigenvalue weighted by Crippen LogP contribution is 2.18. The number of hydrogen-bond donors (Lipinski definition) is 2. The van der Waals surface area contributed by atoms with Crippen molar-refractivity contribution in [2.45, 2.75) is 33.6 Å². The molecular formula is C24H25N3O2. The largest absolute Gasteiger partial charge is 0.322 e. The van der Waals surface area contributed by atoms with E-state index in [1.807, 2.05) is 56.3 Å². The van der Waals surface area contributed by atoms with Crippen LogP contribution in [0.1, 0.15) is 57.3 Å². The molecule has 0 fully saturated rings. The van der Waals surface area contributed by atoms with Crippen molar-refractivity contribution in [1.82, 2.24) is 4.98 Å². The van der Waals surface area contributed by atoms with E-state index in [0.29, 0.717) is 22.9 Å². The Morgan fingerprint density at radius 1 is 0.793 bits per heavy atom. The molecule has 2 amide bonds. The normalized spacial score (nSPS) is 10.7. The minimum absolute atomic E-state index is 0.186. The van der Waals surface area contributed by atoms with E-state index < -0.39 is 0 Å². The van der Waals surface area contributed by atoms with Gasteiger partial charge in [0.1, 0.15) is 5.69 Å². The topological polar surface area (TPSA) is 71.1 Å². The smallest absolute Gasteiger partial charge is 0.274 e. The number of carbonyl (C=O) groups is 2. The molecule has 0 radical (unpaired) electrons. The van der Waals surface area contributed by atoms with Gasteiger partial charge in [0.25, 0.3) is 11.8 Å². The molecule has 1 aromatic heterocycles. The minimum Gasteiger partial charge on any atom is -0.322 e. The lowest BCUT2D eigenvalue weighted by Crippen LogP contribution is -2.17. The number of amides is 2. The zero-order valence-corrected chi connectivity index (χ0v) is 17.1. The third-order valence-corrected chi connectivity index (χ3v) is 4.85. The van der Waals surface area contributed by atoms with Crippen molar-refractivity contribution in [3.05, 3.63) is 88.7 Å². The molecule has 0 bridgehead atoms. The fourth-order valence-electron chi connectivity index (χ4n) is 2.86. The van der Waals surface area contributed by atoms with Crippen LogP contribution in [0.2, 0.25) is 0 Å². The Hall–Kier alpha value is -3.47. The van der Waals surface area contributed by atoms with Gasteiger partial charge in [0.15, 0.2) is 0 Å². The van der Waals surface area contributed by atoms with Gasteiger partial charge in [-0.05, 0) is 72.9 Å². The van der Waals surface area contributed by atoms with Gasteiger partial charge in [-0.2, -0.15) is 0 Å².